The number of rotatable bonds is 9. The highest BCUT2D eigenvalue weighted by Gasteiger charge is 2.13. The van der Waals surface area contributed by atoms with Crippen molar-refractivity contribution < 1.29 is 4.43 Å². The predicted octanol–water partition coefficient (Wildman–Crippen LogP) is 0.861. The molecule has 0 aromatic rings. The van der Waals surface area contributed by atoms with Crippen molar-refractivity contribution in [2.45, 2.75) is 52.0 Å². The van der Waals surface area contributed by atoms with Gasteiger partial charge in [0, 0.05) is 19.2 Å². The highest BCUT2D eigenvalue weighted by molar-refractivity contribution is 6.45. The summed E-state index contributed by atoms with van der Waals surface area (Å²) in [6.45, 7) is 8.04. The van der Waals surface area contributed by atoms with Gasteiger partial charge in [0.15, 0.2) is 0 Å². The fourth-order valence-electron chi connectivity index (χ4n) is 2.31. The van der Waals surface area contributed by atoms with Gasteiger partial charge in [0.1, 0.15) is 0 Å². The third-order valence-corrected chi connectivity index (χ3v) is 5.33. The highest BCUT2D eigenvalue weighted by Crippen LogP contribution is 2.16. The molecule has 3 N–H and O–H groups in total. The van der Waals surface area contributed by atoms with Gasteiger partial charge in [-0.15, -0.1) is 0 Å². The summed E-state index contributed by atoms with van der Waals surface area (Å²) in [6, 6.07) is 0.741. The lowest BCUT2D eigenvalue weighted by molar-refractivity contribution is 0.279. The molecule has 0 aromatic carbocycles. The van der Waals surface area contributed by atoms with E-state index in [1.54, 1.807) is 0 Å². The molecule has 5 heteroatoms. The molecule has 0 atom stereocenters. The van der Waals surface area contributed by atoms with Crippen molar-refractivity contribution in [2.75, 3.05) is 26.2 Å². The maximum atomic E-state index is 5.87. The van der Waals surface area contributed by atoms with Gasteiger partial charge in [-0.1, -0.05) is 33.1 Å². The summed E-state index contributed by atoms with van der Waals surface area (Å²) < 4.78 is 5.87. The molecule has 1 rings (SSSR count). The van der Waals surface area contributed by atoms with E-state index in [2.05, 4.69) is 29.1 Å². The van der Waals surface area contributed by atoms with Crippen LogP contribution in [0.15, 0.2) is 0 Å². The second kappa shape index (κ2) is 10.0. The molecule has 1 saturated carbocycles. The standard InChI is InChI=1S/C12H29N3OSi/c1-3-14-17(15-4-2)16-11-10-13-12-8-6-5-7-9-12/h12-15,17H,3-11H2,1-2H3. The molecule has 0 aliphatic heterocycles. The van der Waals surface area contributed by atoms with E-state index in [1.165, 1.54) is 32.1 Å². The summed E-state index contributed by atoms with van der Waals surface area (Å²) in [5.74, 6) is 0. The average molecular weight is 259 g/mol. The molecule has 0 radical (unpaired) electrons. The Labute approximate surface area is 108 Å². The van der Waals surface area contributed by atoms with Crippen LogP contribution in [0.25, 0.3) is 0 Å². The second-order valence-corrected chi connectivity index (χ2v) is 6.57. The molecule has 0 amide bonds. The molecule has 1 fully saturated rings. The molecule has 0 bridgehead atoms. The molecule has 0 saturated heterocycles. The third-order valence-electron chi connectivity index (χ3n) is 3.20. The van der Waals surface area contributed by atoms with Crippen LogP contribution in [0.4, 0.5) is 0 Å². The Morgan fingerprint density at radius 3 is 2.29 bits per heavy atom. The summed E-state index contributed by atoms with van der Waals surface area (Å²) in [5, 5.41) is 3.60. The Hall–Kier alpha value is 0.0569. The molecule has 102 valence electrons. The van der Waals surface area contributed by atoms with Gasteiger partial charge in [-0.25, -0.2) is 0 Å². The Morgan fingerprint density at radius 1 is 1.06 bits per heavy atom. The van der Waals surface area contributed by atoms with E-state index in [9.17, 15) is 0 Å². The van der Waals surface area contributed by atoms with Crippen LogP contribution in [0.2, 0.25) is 0 Å². The normalized spacial score (nSPS) is 17.8. The fourth-order valence-corrected chi connectivity index (χ4v) is 3.78. The van der Waals surface area contributed by atoms with Gasteiger partial charge in [-0.2, -0.15) is 0 Å². The van der Waals surface area contributed by atoms with Gasteiger partial charge in [0.05, 0.1) is 0 Å². The molecule has 4 nitrogen and oxygen atoms in total. The summed E-state index contributed by atoms with van der Waals surface area (Å²) in [7, 11) is -1.35. The molecule has 17 heavy (non-hydrogen) atoms. The quantitative estimate of drug-likeness (QED) is 0.425. The number of hydrogen-bond donors (Lipinski definition) is 3. The van der Waals surface area contributed by atoms with Crippen molar-refractivity contribution in [3.05, 3.63) is 0 Å². The first kappa shape index (κ1) is 15.1. The molecule has 0 heterocycles. The first-order valence-electron chi connectivity index (χ1n) is 7.18. The van der Waals surface area contributed by atoms with Crippen molar-refractivity contribution in [1.29, 1.82) is 0 Å². The van der Waals surface area contributed by atoms with Crippen LogP contribution in [0.1, 0.15) is 46.0 Å². The summed E-state index contributed by atoms with van der Waals surface area (Å²) in [6.07, 6.45) is 6.91. The van der Waals surface area contributed by atoms with Crippen LogP contribution in [0.5, 0.6) is 0 Å². The lowest BCUT2D eigenvalue weighted by atomic mass is 9.96. The minimum Gasteiger partial charge on any atom is -0.393 e. The van der Waals surface area contributed by atoms with Gasteiger partial charge < -0.3 is 19.7 Å². The maximum absolute atomic E-state index is 5.87. The zero-order chi connectivity index (χ0) is 12.3. The summed E-state index contributed by atoms with van der Waals surface area (Å²) in [5.41, 5.74) is 0. The van der Waals surface area contributed by atoms with Crippen molar-refractivity contribution in [2.24, 2.45) is 0 Å². The van der Waals surface area contributed by atoms with Gasteiger partial charge in [-0.05, 0) is 25.9 Å². The minimum absolute atomic E-state index is 0.741. The van der Waals surface area contributed by atoms with Crippen LogP contribution in [0.3, 0.4) is 0 Å². The van der Waals surface area contributed by atoms with E-state index in [-0.39, 0.29) is 0 Å². The Morgan fingerprint density at radius 2 is 1.71 bits per heavy atom. The topological polar surface area (TPSA) is 45.3 Å². The van der Waals surface area contributed by atoms with Crippen molar-refractivity contribution in [1.82, 2.24) is 15.3 Å². The van der Waals surface area contributed by atoms with E-state index in [0.717, 1.165) is 32.3 Å². The van der Waals surface area contributed by atoms with Gasteiger partial charge >= 0.3 is 9.36 Å². The monoisotopic (exact) mass is 259 g/mol. The second-order valence-electron chi connectivity index (χ2n) is 4.66. The number of hydrogen-bond acceptors (Lipinski definition) is 4. The smallest absolute Gasteiger partial charge is 0.335 e. The third kappa shape index (κ3) is 7.16. The Bertz CT molecular complexity index is 171. The molecule has 0 spiro atoms. The molecular formula is C12H29N3OSi. The van der Waals surface area contributed by atoms with Gasteiger partial charge in [-0.3, -0.25) is 0 Å². The van der Waals surface area contributed by atoms with Crippen molar-refractivity contribution in [3.63, 3.8) is 0 Å². The highest BCUT2D eigenvalue weighted by atomic mass is 28.3. The zero-order valence-corrected chi connectivity index (χ0v) is 12.6. The minimum atomic E-state index is -1.35. The van der Waals surface area contributed by atoms with E-state index in [4.69, 9.17) is 4.43 Å². The molecule has 1 aliphatic carbocycles. The van der Waals surface area contributed by atoms with Crippen LogP contribution < -0.4 is 15.3 Å². The van der Waals surface area contributed by atoms with Crippen LogP contribution >= 0.6 is 0 Å². The summed E-state index contributed by atoms with van der Waals surface area (Å²) >= 11 is 0. The van der Waals surface area contributed by atoms with E-state index < -0.39 is 9.36 Å². The molecular weight excluding hydrogens is 230 g/mol. The Kier molecular flexibility index (Phi) is 8.91. The van der Waals surface area contributed by atoms with E-state index in [1.807, 2.05) is 0 Å². The Balaban J connectivity index is 2.00. The molecule has 0 unspecified atom stereocenters. The fraction of sp³-hybridized carbons (Fsp3) is 1.00. The lowest BCUT2D eigenvalue weighted by Crippen LogP contribution is -2.50. The zero-order valence-electron chi connectivity index (χ0n) is 11.4. The van der Waals surface area contributed by atoms with Crippen molar-refractivity contribution >= 4 is 9.36 Å². The first-order valence-corrected chi connectivity index (χ1v) is 8.81. The van der Waals surface area contributed by atoms with Gasteiger partial charge in [0.25, 0.3) is 0 Å². The molecule has 0 aromatic heterocycles. The van der Waals surface area contributed by atoms with E-state index in [0.29, 0.717) is 0 Å². The molecule has 1 aliphatic rings. The number of nitrogens with one attached hydrogen (secondary N) is 3. The van der Waals surface area contributed by atoms with E-state index >= 15 is 0 Å². The predicted molar refractivity (Wildman–Crippen MR) is 75.3 cm³/mol. The summed E-state index contributed by atoms with van der Waals surface area (Å²) in [4.78, 5) is 6.80. The van der Waals surface area contributed by atoms with Crippen LogP contribution in [0, 0.1) is 0 Å². The maximum Gasteiger partial charge on any atom is 0.335 e. The first-order chi connectivity index (χ1) is 8.36. The van der Waals surface area contributed by atoms with Crippen LogP contribution in [-0.4, -0.2) is 41.6 Å². The SMILES string of the molecule is CCN[SiH](NCC)OCCNC1CCCCC1. The van der Waals surface area contributed by atoms with Crippen molar-refractivity contribution in [3.8, 4) is 0 Å². The lowest BCUT2D eigenvalue weighted by Gasteiger charge is -2.23. The largest absolute Gasteiger partial charge is 0.393 e. The van der Waals surface area contributed by atoms with Crippen LogP contribution in [-0.2, 0) is 4.43 Å². The average Bonchev–Trinajstić information content (AvgIpc) is 2.36. The van der Waals surface area contributed by atoms with Gasteiger partial charge in [0.2, 0.25) is 0 Å².